The molecule has 0 spiro atoms. The number of carbonyl (C=O) groups is 1. The van der Waals surface area contributed by atoms with Crippen molar-refractivity contribution in [1.82, 2.24) is 15.5 Å². The molecule has 8 nitrogen and oxygen atoms in total. The fourth-order valence-corrected chi connectivity index (χ4v) is 5.10. The van der Waals surface area contributed by atoms with Crippen molar-refractivity contribution < 1.29 is 18.4 Å². The predicted octanol–water partition coefficient (Wildman–Crippen LogP) is 4.18. The molecule has 9 heteroatoms. The van der Waals surface area contributed by atoms with Crippen LogP contribution in [0.25, 0.3) is 0 Å². The summed E-state index contributed by atoms with van der Waals surface area (Å²) in [6.07, 6.45) is 4.46. The van der Waals surface area contributed by atoms with Crippen molar-refractivity contribution in [3.8, 4) is 5.75 Å². The number of nitrogens with zero attached hydrogens (tertiary/aromatic N) is 4. The second kappa shape index (κ2) is 9.19. The lowest BCUT2D eigenvalue weighted by Gasteiger charge is -2.30. The third-order valence-electron chi connectivity index (χ3n) is 7.17. The van der Waals surface area contributed by atoms with Crippen LogP contribution in [0.5, 0.6) is 5.75 Å². The van der Waals surface area contributed by atoms with E-state index >= 15 is 0 Å². The number of hydrogen-bond acceptors (Lipinski definition) is 6. The summed E-state index contributed by atoms with van der Waals surface area (Å²) < 4.78 is 25.6. The zero-order valence-electron chi connectivity index (χ0n) is 19.3. The van der Waals surface area contributed by atoms with Crippen molar-refractivity contribution >= 4 is 17.7 Å². The normalized spacial score (nSPS) is 23.3. The van der Waals surface area contributed by atoms with Crippen LogP contribution in [0.15, 0.2) is 22.7 Å². The molecule has 1 aliphatic carbocycles. The van der Waals surface area contributed by atoms with Gasteiger partial charge in [-0.3, -0.25) is 4.90 Å². The minimum atomic E-state index is -0.423. The maximum atomic E-state index is 14.5. The highest BCUT2D eigenvalue weighted by Crippen LogP contribution is 2.50. The number of rotatable bonds is 8. The van der Waals surface area contributed by atoms with Crippen LogP contribution in [0.4, 0.5) is 20.9 Å². The fraction of sp³-hybridized carbons (Fsp3) is 0.625. The molecule has 178 valence electrons. The van der Waals surface area contributed by atoms with Crippen LogP contribution >= 0.6 is 0 Å². The Hall–Kier alpha value is -2.84. The van der Waals surface area contributed by atoms with Crippen molar-refractivity contribution in [2.45, 2.75) is 45.4 Å². The summed E-state index contributed by atoms with van der Waals surface area (Å²) in [7, 11) is 0. The molecule has 1 aromatic heterocycles. The lowest BCUT2D eigenvalue weighted by Crippen LogP contribution is -2.34. The van der Waals surface area contributed by atoms with Gasteiger partial charge in [-0.15, -0.1) is 0 Å². The molecular weight excluding hydrogens is 425 g/mol. The van der Waals surface area contributed by atoms with Crippen LogP contribution < -0.4 is 19.9 Å². The molecule has 33 heavy (non-hydrogen) atoms. The summed E-state index contributed by atoms with van der Waals surface area (Å²) in [5.74, 6) is 2.99. The van der Waals surface area contributed by atoms with E-state index in [-0.39, 0.29) is 17.7 Å². The third kappa shape index (κ3) is 4.77. The minimum absolute atomic E-state index is 0.189. The number of hydrogen-bond donors (Lipinski definition) is 1. The Kier molecular flexibility index (Phi) is 6.12. The highest BCUT2D eigenvalue weighted by Gasteiger charge is 2.43. The van der Waals surface area contributed by atoms with E-state index in [2.05, 4.69) is 34.2 Å². The first kappa shape index (κ1) is 22.0. The lowest BCUT2D eigenvalue weighted by atomic mass is 9.90. The Morgan fingerprint density at radius 2 is 2.09 bits per heavy atom. The summed E-state index contributed by atoms with van der Waals surface area (Å²) >= 11 is 0. The first-order valence-corrected chi connectivity index (χ1v) is 12.1. The molecule has 1 N–H and O–H groups in total. The molecule has 2 aromatic rings. The SMILES string of the molecule is CC(C)c1noc(N2CCC([C@@H]3C[C@H]3CCOc3ccc(N4CCNC4=O)cc3F)CC2)n1. The average molecular weight is 458 g/mol. The maximum Gasteiger partial charge on any atom is 0.324 e. The van der Waals surface area contributed by atoms with Crippen molar-refractivity contribution in [1.29, 1.82) is 0 Å². The van der Waals surface area contributed by atoms with E-state index in [1.807, 2.05) is 0 Å². The van der Waals surface area contributed by atoms with E-state index in [4.69, 9.17) is 9.26 Å². The number of aromatic nitrogens is 2. The van der Waals surface area contributed by atoms with Gasteiger partial charge in [-0.05, 0) is 55.6 Å². The van der Waals surface area contributed by atoms with E-state index in [9.17, 15) is 9.18 Å². The number of anilines is 2. The largest absolute Gasteiger partial charge is 0.491 e. The molecule has 0 bridgehead atoms. The molecule has 0 unspecified atom stereocenters. The van der Waals surface area contributed by atoms with Gasteiger partial charge in [0.15, 0.2) is 17.4 Å². The van der Waals surface area contributed by atoms with Crippen molar-refractivity contribution in [2.24, 2.45) is 17.8 Å². The van der Waals surface area contributed by atoms with Gasteiger partial charge in [-0.1, -0.05) is 19.0 Å². The molecule has 2 amide bonds. The smallest absolute Gasteiger partial charge is 0.324 e. The van der Waals surface area contributed by atoms with Crippen LogP contribution in [0.2, 0.25) is 0 Å². The maximum absolute atomic E-state index is 14.5. The predicted molar refractivity (Wildman–Crippen MR) is 122 cm³/mol. The van der Waals surface area contributed by atoms with Gasteiger partial charge in [0, 0.05) is 43.9 Å². The quantitative estimate of drug-likeness (QED) is 0.640. The molecule has 1 aromatic carbocycles. The van der Waals surface area contributed by atoms with E-state index < -0.39 is 5.82 Å². The van der Waals surface area contributed by atoms with Gasteiger partial charge >= 0.3 is 12.0 Å². The zero-order chi connectivity index (χ0) is 22.9. The third-order valence-corrected chi connectivity index (χ3v) is 7.17. The topological polar surface area (TPSA) is 83.7 Å². The number of amides is 2. The second-order valence-corrected chi connectivity index (χ2v) is 9.71. The Balaban J connectivity index is 1.05. The summed E-state index contributed by atoms with van der Waals surface area (Å²) in [4.78, 5) is 20.0. The number of ether oxygens (including phenoxy) is 1. The van der Waals surface area contributed by atoms with Gasteiger partial charge in [0.05, 0.1) is 6.61 Å². The molecular formula is C24H32FN5O3. The number of halogens is 1. The Morgan fingerprint density at radius 3 is 2.76 bits per heavy atom. The number of benzene rings is 1. The standard InChI is InChI=1S/C24H32FN5O3/c1-15(2)22-27-24(33-28-22)29-9-5-16(6-10-29)19-13-17(19)7-12-32-21-4-3-18(14-20(21)25)30-11-8-26-23(30)31/h3-4,14-17,19H,5-13H2,1-2H3,(H,26,31)/t17-,19+/m1/s1. The summed E-state index contributed by atoms with van der Waals surface area (Å²) in [5, 5.41) is 6.80. The molecule has 5 rings (SSSR count). The highest BCUT2D eigenvalue weighted by molar-refractivity contribution is 5.94. The van der Waals surface area contributed by atoms with Gasteiger partial charge in [0.25, 0.3) is 0 Å². The molecule has 3 heterocycles. The van der Waals surface area contributed by atoms with Gasteiger partial charge in [-0.25, -0.2) is 9.18 Å². The Morgan fingerprint density at radius 1 is 1.27 bits per heavy atom. The first-order valence-electron chi connectivity index (χ1n) is 12.1. The van der Waals surface area contributed by atoms with Gasteiger partial charge in [0.2, 0.25) is 0 Å². The van der Waals surface area contributed by atoms with Gasteiger partial charge < -0.3 is 19.5 Å². The van der Waals surface area contributed by atoms with Crippen LogP contribution in [-0.4, -0.2) is 49.0 Å². The average Bonchev–Trinajstić information content (AvgIpc) is 3.18. The number of urea groups is 1. The van der Waals surface area contributed by atoms with Gasteiger partial charge in [0.1, 0.15) is 0 Å². The first-order chi connectivity index (χ1) is 16.0. The molecule has 1 saturated carbocycles. The second-order valence-electron chi connectivity index (χ2n) is 9.71. The summed E-state index contributed by atoms with van der Waals surface area (Å²) in [6.45, 7) is 7.68. The van der Waals surface area contributed by atoms with Crippen LogP contribution in [0.1, 0.15) is 51.3 Å². The Bertz CT molecular complexity index is 988. The molecule has 3 aliphatic rings. The molecule has 2 atom stereocenters. The monoisotopic (exact) mass is 457 g/mol. The molecule has 0 radical (unpaired) electrons. The molecule has 2 aliphatic heterocycles. The van der Waals surface area contributed by atoms with Crippen molar-refractivity contribution in [2.75, 3.05) is 42.6 Å². The Labute approximate surface area is 193 Å². The van der Waals surface area contributed by atoms with Gasteiger partial charge in [-0.2, -0.15) is 4.98 Å². The van der Waals surface area contributed by atoms with Crippen molar-refractivity contribution in [3.63, 3.8) is 0 Å². The lowest BCUT2D eigenvalue weighted by molar-refractivity contribution is 0.252. The number of nitrogens with one attached hydrogen (secondary N) is 1. The van der Waals surface area contributed by atoms with Crippen LogP contribution in [-0.2, 0) is 0 Å². The van der Waals surface area contributed by atoms with E-state index in [0.29, 0.717) is 37.3 Å². The number of piperidine rings is 1. The minimum Gasteiger partial charge on any atom is -0.491 e. The van der Waals surface area contributed by atoms with E-state index in [1.165, 1.54) is 17.4 Å². The van der Waals surface area contributed by atoms with Crippen LogP contribution in [0, 0.1) is 23.6 Å². The summed E-state index contributed by atoms with van der Waals surface area (Å²) in [5.41, 5.74) is 0.560. The summed E-state index contributed by atoms with van der Waals surface area (Å²) in [6, 6.07) is 5.20. The molecule has 3 fully saturated rings. The molecule has 2 saturated heterocycles. The zero-order valence-corrected chi connectivity index (χ0v) is 19.3. The van der Waals surface area contributed by atoms with E-state index in [0.717, 1.165) is 50.0 Å². The van der Waals surface area contributed by atoms with Crippen molar-refractivity contribution in [3.05, 3.63) is 29.8 Å². The fourth-order valence-electron chi connectivity index (χ4n) is 5.10. The van der Waals surface area contributed by atoms with Crippen LogP contribution in [0.3, 0.4) is 0 Å². The highest BCUT2D eigenvalue weighted by atomic mass is 19.1. The van der Waals surface area contributed by atoms with E-state index in [1.54, 1.807) is 12.1 Å². The number of carbonyl (C=O) groups excluding carboxylic acids is 1.